The molecule has 3 aromatic heterocycles. The van der Waals surface area contributed by atoms with Crippen molar-refractivity contribution in [3.05, 3.63) is 206 Å². The molecule has 0 saturated heterocycles. The van der Waals surface area contributed by atoms with Gasteiger partial charge < -0.3 is 18.6 Å². The lowest BCUT2D eigenvalue weighted by Crippen LogP contribution is -2.13. The van der Waals surface area contributed by atoms with E-state index in [1.165, 1.54) is 20.2 Å². The van der Waals surface area contributed by atoms with E-state index in [-0.39, 0.29) is 0 Å². The van der Waals surface area contributed by atoms with Crippen LogP contribution in [0.3, 0.4) is 0 Å². The molecule has 9 aromatic carbocycles. The number of fused-ring (bicyclic) bond motifs is 9. The molecule has 0 radical (unpaired) electrons. The number of rotatable bonds is 7. The zero-order valence-electron chi connectivity index (χ0n) is 31.7. The molecule has 278 valence electrons. The number of furan rings is 2. The minimum absolute atomic E-state index is 0.851. The Bertz CT molecular complexity index is 3490. The molecular formula is C54H34N2O2S. The first-order chi connectivity index (χ1) is 29.2. The van der Waals surface area contributed by atoms with E-state index in [1.54, 1.807) is 0 Å². The van der Waals surface area contributed by atoms with Gasteiger partial charge in [0.05, 0.1) is 0 Å². The monoisotopic (exact) mass is 774 g/mol. The van der Waals surface area contributed by atoms with Crippen molar-refractivity contribution in [1.29, 1.82) is 0 Å². The van der Waals surface area contributed by atoms with Crippen molar-refractivity contribution in [3.63, 3.8) is 0 Å². The maximum Gasteiger partial charge on any atom is 0.135 e. The highest BCUT2D eigenvalue weighted by Crippen LogP contribution is 2.45. The number of hydrogen-bond donors (Lipinski definition) is 0. The molecule has 0 bridgehead atoms. The average molecular weight is 775 g/mol. The van der Waals surface area contributed by atoms with Gasteiger partial charge in [-0.15, -0.1) is 11.3 Å². The molecule has 0 unspecified atom stereocenters. The standard InChI is InChI=1S/C54H34N2O2S/c1-3-12-37(13-4-1)55(38-14-5-2-6-15-38)39-16-11-17-40(32-39)56(42-25-29-54-48(34-42)44-19-8-10-21-53(44)59-54)41-24-28-52-47(33-41)46-31-36(23-27-51(46)58-52)35-22-26-50-45(30-35)43-18-7-9-20-49(43)57-50/h1-34H. The average Bonchev–Trinajstić information content (AvgIpc) is 3.98. The van der Waals surface area contributed by atoms with Crippen LogP contribution in [0, 0.1) is 0 Å². The van der Waals surface area contributed by atoms with Crippen molar-refractivity contribution >= 4 is 110 Å². The quantitative estimate of drug-likeness (QED) is 0.161. The number of benzene rings is 9. The highest BCUT2D eigenvalue weighted by atomic mass is 32.1. The molecule has 0 aliphatic heterocycles. The fraction of sp³-hybridized carbons (Fsp3) is 0. The van der Waals surface area contributed by atoms with Crippen LogP contribution in [0.25, 0.3) is 75.2 Å². The molecule has 0 spiro atoms. The van der Waals surface area contributed by atoms with Gasteiger partial charge in [-0.3, -0.25) is 0 Å². The first-order valence-corrected chi connectivity index (χ1v) is 20.6. The van der Waals surface area contributed by atoms with Crippen molar-refractivity contribution in [2.45, 2.75) is 0 Å². The SMILES string of the molecule is c1ccc(N(c2ccccc2)c2cccc(N(c3ccc4oc5ccc(-c6ccc7oc8ccccc8c7c6)cc5c4c3)c3ccc4sc5ccccc5c4c3)c2)cc1. The Hall–Kier alpha value is -7.60. The minimum atomic E-state index is 0.851. The van der Waals surface area contributed by atoms with Crippen molar-refractivity contribution in [1.82, 2.24) is 0 Å². The fourth-order valence-corrected chi connectivity index (χ4v) is 9.75. The van der Waals surface area contributed by atoms with Gasteiger partial charge in [0.2, 0.25) is 0 Å². The molecule has 0 aliphatic rings. The van der Waals surface area contributed by atoms with Gasteiger partial charge in [0.15, 0.2) is 0 Å². The van der Waals surface area contributed by atoms with E-state index in [0.29, 0.717) is 0 Å². The van der Waals surface area contributed by atoms with E-state index in [9.17, 15) is 0 Å². The lowest BCUT2D eigenvalue weighted by atomic mass is 10.0. The topological polar surface area (TPSA) is 32.8 Å². The van der Waals surface area contributed by atoms with Gasteiger partial charge in [-0.05, 0) is 126 Å². The van der Waals surface area contributed by atoms with E-state index in [4.69, 9.17) is 8.83 Å². The summed E-state index contributed by atoms with van der Waals surface area (Å²) in [5.41, 5.74) is 12.2. The van der Waals surface area contributed by atoms with Gasteiger partial charge in [-0.2, -0.15) is 0 Å². The molecule has 5 heteroatoms. The van der Waals surface area contributed by atoms with Crippen molar-refractivity contribution in [2.75, 3.05) is 9.80 Å². The van der Waals surface area contributed by atoms with Crippen molar-refractivity contribution < 1.29 is 8.83 Å². The molecule has 3 heterocycles. The third-order valence-corrected chi connectivity index (χ3v) is 12.6. The van der Waals surface area contributed by atoms with E-state index < -0.39 is 0 Å². The zero-order chi connectivity index (χ0) is 38.9. The Morgan fingerprint density at radius 1 is 0.271 bits per heavy atom. The Morgan fingerprint density at radius 2 is 0.712 bits per heavy atom. The molecule has 59 heavy (non-hydrogen) atoms. The Labute approximate surface area is 344 Å². The van der Waals surface area contributed by atoms with Gasteiger partial charge in [0, 0.05) is 75.8 Å². The summed E-state index contributed by atoms with van der Waals surface area (Å²) >= 11 is 1.84. The summed E-state index contributed by atoms with van der Waals surface area (Å²) in [7, 11) is 0. The molecule has 0 fully saturated rings. The molecule has 4 nitrogen and oxygen atoms in total. The number of anilines is 6. The summed E-state index contributed by atoms with van der Waals surface area (Å²) in [6, 6.07) is 73.3. The third-order valence-electron chi connectivity index (χ3n) is 11.4. The van der Waals surface area contributed by atoms with Gasteiger partial charge in [0.1, 0.15) is 22.3 Å². The van der Waals surface area contributed by atoms with E-state index in [2.05, 4.69) is 204 Å². The van der Waals surface area contributed by atoms with Crippen molar-refractivity contribution in [3.8, 4) is 11.1 Å². The van der Waals surface area contributed by atoms with E-state index >= 15 is 0 Å². The van der Waals surface area contributed by atoms with Crippen LogP contribution in [0.4, 0.5) is 34.1 Å². The second-order valence-electron chi connectivity index (χ2n) is 14.9. The summed E-state index contributed by atoms with van der Waals surface area (Å²) in [6.07, 6.45) is 0. The second kappa shape index (κ2) is 13.5. The van der Waals surface area contributed by atoms with Gasteiger partial charge >= 0.3 is 0 Å². The lowest BCUT2D eigenvalue weighted by Gasteiger charge is -2.29. The highest BCUT2D eigenvalue weighted by Gasteiger charge is 2.20. The maximum absolute atomic E-state index is 6.51. The van der Waals surface area contributed by atoms with Crippen molar-refractivity contribution in [2.24, 2.45) is 0 Å². The van der Waals surface area contributed by atoms with Crippen LogP contribution in [0.5, 0.6) is 0 Å². The predicted octanol–water partition coefficient (Wildman–Crippen LogP) is 16.5. The minimum Gasteiger partial charge on any atom is -0.456 e. The van der Waals surface area contributed by atoms with E-state index in [0.717, 1.165) is 89.1 Å². The van der Waals surface area contributed by atoms with Gasteiger partial charge in [0.25, 0.3) is 0 Å². The van der Waals surface area contributed by atoms with E-state index in [1.807, 2.05) is 23.5 Å². The summed E-state index contributed by atoms with van der Waals surface area (Å²) in [6.45, 7) is 0. The smallest absolute Gasteiger partial charge is 0.135 e. The fourth-order valence-electron chi connectivity index (χ4n) is 8.66. The number of thiophene rings is 1. The Balaban J connectivity index is 1.04. The lowest BCUT2D eigenvalue weighted by molar-refractivity contribution is 0.668. The summed E-state index contributed by atoms with van der Waals surface area (Å²) in [5.74, 6) is 0. The first-order valence-electron chi connectivity index (χ1n) is 19.8. The third kappa shape index (κ3) is 5.66. The first kappa shape index (κ1) is 33.5. The molecule has 12 aromatic rings. The molecule has 12 rings (SSSR count). The number of hydrogen-bond acceptors (Lipinski definition) is 5. The number of para-hydroxylation sites is 3. The second-order valence-corrected chi connectivity index (χ2v) is 16.0. The largest absolute Gasteiger partial charge is 0.456 e. The zero-order valence-corrected chi connectivity index (χ0v) is 32.6. The van der Waals surface area contributed by atoms with Crippen LogP contribution in [0.15, 0.2) is 215 Å². The van der Waals surface area contributed by atoms with Crippen LogP contribution < -0.4 is 9.80 Å². The summed E-state index contributed by atoms with van der Waals surface area (Å²) in [5, 5.41) is 6.90. The molecule has 0 aliphatic carbocycles. The summed E-state index contributed by atoms with van der Waals surface area (Å²) < 4.78 is 15.2. The molecule has 0 saturated carbocycles. The molecule has 0 amide bonds. The van der Waals surface area contributed by atoms with Gasteiger partial charge in [-0.1, -0.05) is 91.0 Å². The Kier molecular flexibility index (Phi) is 7.68. The van der Waals surface area contributed by atoms with Gasteiger partial charge in [-0.25, -0.2) is 0 Å². The number of nitrogens with zero attached hydrogens (tertiary/aromatic N) is 2. The molecular weight excluding hydrogens is 741 g/mol. The summed E-state index contributed by atoms with van der Waals surface area (Å²) in [4.78, 5) is 4.69. The maximum atomic E-state index is 6.51. The van der Waals surface area contributed by atoms with Crippen LogP contribution in [-0.2, 0) is 0 Å². The predicted molar refractivity (Wildman–Crippen MR) is 249 cm³/mol. The highest BCUT2D eigenvalue weighted by molar-refractivity contribution is 7.25. The van der Waals surface area contributed by atoms with Crippen LogP contribution in [0.1, 0.15) is 0 Å². The Morgan fingerprint density at radius 3 is 1.39 bits per heavy atom. The normalized spacial score (nSPS) is 11.7. The molecule has 0 atom stereocenters. The van der Waals surface area contributed by atoms with Crippen LogP contribution in [0.2, 0.25) is 0 Å². The molecule has 0 N–H and O–H groups in total. The van der Waals surface area contributed by atoms with Crippen LogP contribution >= 0.6 is 11.3 Å². The van der Waals surface area contributed by atoms with Crippen LogP contribution in [-0.4, -0.2) is 0 Å².